The van der Waals surface area contributed by atoms with Gasteiger partial charge in [0.15, 0.2) is 5.78 Å². The normalized spacial score (nSPS) is 14.2. The first-order chi connectivity index (χ1) is 16.8. The smallest absolute Gasteiger partial charge is 0.189 e. The van der Waals surface area contributed by atoms with E-state index in [1.54, 1.807) is 31.4 Å². The number of nitrogens with zero attached hydrogens (tertiary/aromatic N) is 1. The number of carbonyl (C=O) groups is 1. The predicted molar refractivity (Wildman–Crippen MR) is 138 cm³/mol. The van der Waals surface area contributed by atoms with Gasteiger partial charge in [-0.1, -0.05) is 30.3 Å². The summed E-state index contributed by atoms with van der Waals surface area (Å²) in [4.78, 5) is 13.3. The number of rotatable bonds is 6. The molecule has 0 aliphatic carbocycles. The van der Waals surface area contributed by atoms with Gasteiger partial charge in [-0.05, 0) is 74.0 Å². The van der Waals surface area contributed by atoms with Crippen LogP contribution in [-0.4, -0.2) is 23.1 Å². The van der Waals surface area contributed by atoms with Gasteiger partial charge in [-0.3, -0.25) is 4.79 Å². The molecule has 1 aromatic heterocycles. The Labute approximate surface area is 203 Å². The van der Waals surface area contributed by atoms with E-state index in [-0.39, 0.29) is 11.6 Å². The molecule has 0 radical (unpaired) electrons. The molecule has 4 nitrogen and oxygen atoms in total. The summed E-state index contributed by atoms with van der Waals surface area (Å²) in [6, 6.07) is 18.1. The predicted octanol–water partition coefficient (Wildman–Crippen LogP) is 6.92. The summed E-state index contributed by atoms with van der Waals surface area (Å²) in [5.74, 6) is 0.775. The molecule has 0 fully saturated rings. The van der Waals surface area contributed by atoms with Gasteiger partial charge in [-0.25, -0.2) is 4.39 Å². The molecule has 5 rings (SSSR count). The fourth-order valence-electron chi connectivity index (χ4n) is 4.43. The Morgan fingerprint density at radius 3 is 2.74 bits per heavy atom. The Morgan fingerprint density at radius 1 is 1.11 bits per heavy atom. The molecule has 3 aromatic carbocycles. The maximum absolute atomic E-state index is 13.7. The van der Waals surface area contributed by atoms with Crippen LogP contribution in [0.4, 0.5) is 4.39 Å². The number of fused-ring (bicyclic) bond motifs is 2. The van der Waals surface area contributed by atoms with Gasteiger partial charge < -0.3 is 14.0 Å². The summed E-state index contributed by atoms with van der Waals surface area (Å²) in [6.45, 7) is 4.42. The molecule has 0 atom stereocenters. The van der Waals surface area contributed by atoms with Gasteiger partial charge in [0, 0.05) is 29.2 Å². The van der Waals surface area contributed by atoms with E-state index in [2.05, 4.69) is 4.57 Å². The molecule has 35 heavy (non-hydrogen) atoms. The molecular formula is C30H26FNO3. The molecule has 0 N–H and O–H groups in total. The van der Waals surface area contributed by atoms with Crippen LogP contribution in [-0.2, 0) is 6.54 Å². The van der Waals surface area contributed by atoms with Crippen LogP contribution < -0.4 is 9.47 Å². The zero-order valence-corrected chi connectivity index (χ0v) is 19.9. The van der Waals surface area contributed by atoms with Gasteiger partial charge in [0.2, 0.25) is 0 Å². The van der Waals surface area contributed by atoms with E-state index in [1.165, 1.54) is 12.1 Å². The number of benzene rings is 3. The highest BCUT2D eigenvalue weighted by Gasteiger charge is 2.27. The largest absolute Gasteiger partial charge is 0.496 e. The van der Waals surface area contributed by atoms with Crippen molar-refractivity contribution >= 4 is 28.8 Å². The highest BCUT2D eigenvalue weighted by atomic mass is 19.1. The third-order valence-electron chi connectivity index (χ3n) is 6.13. The minimum Gasteiger partial charge on any atom is -0.496 e. The summed E-state index contributed by atoms with van der Waals surface area (Å²) in [5, 5.41) is 1.02. The summed E-state index contributed by atoms with van der Waals surface area (Å²) in [6.07, 6.45) is 9.29. The van der Waals surface area contributed by atoms with E-state index >= 15 is 0 Å². The highest BCUT2D eigenvalue weighted by Crippen LogP contribution is 2.40. The molecule has 176 valence electrons. The fourth-order valence-corrected chi connectivity index (χ4v) is 4.43. The Balaban J connectivity index is 1.49. The monoisotopic (exact) mass is 467 g/mol. The lowest BCUT2D eigenvalue weighted by molar-refractivity contribution is 0.103. The average molecular weight is 468 g/mol. The van der Waals surface area contributed by atoms with Crippen LogP contribution in [0.15, 0.2) is 79.0 Å². The van der Waals surface area contributed by atoms with Crippen molar-refractivity contribution in [1.29, 1.82) is 0 Å². The van der Waals surface area contributed by atoms with E-state index in [1.807, 2.05) is 68.6 Å². The number of para-hydroxylation sites is 1. The number of ketones is 1. The molecule has 0 bridgehead atoms. The van der Waals surface area contributed by atoms with Crippen molar-refractivity contribution in [2.24, 2.45) is 0 Å². The molecular weight excluding hydrogens is 441 g/mol. The average Bonchev–Trinajstić information content (AvgIpc) is 3.18. The van der Waals surface area contributed by atoms with Crippen molar-refractivity contribution in [2.75, 3.05) is 7.11 Å². The van der Waals surface area contributed by atoms with Crippen LogP contribution in [0.2, 0.25) is 0 Å². The molecule has 1 aliphatic heterocycles. The lowest BCUT2D eigenvalue weighted by atomic mass is 9.97. The van der Waals surface area contributed by atoms with Crippen molar-refractivity contribution in [3.8, 4) is 11.5 Å². The standard InChI is InChI=1S/C30H26FNO3/c1-30(2)16-15-25-28(34-3)14-12-24(29(25)35-30)27(33)13-11-21-19-32(26-10-5-4-9-23(21)26)18-20-7-6-8-22(31)17-20/h4-17,19H,18H2,1-3H3/b13-11+. The van der Waals surface area contributed by atoms with E-state index in [0.29, 0.717) is 23.6 Å². The molecule has 0 unspecified atom stereocenters. The summed E-state index contributed by atoms with van der Waals surface area (Å²) in [7, 11) is 1.60. The molecule has 2 heterocycles. The van der Waals surface area contributed by atoms with Gasteiger partial charge in [-0.2, -0.15) is 0 Å². The van der Waals surface area contributed by atoms with Crippen LogP contribution in [0.3, 0.4) is 0 Å². The van der Waals surface area contributed by atoms with Crippen molar-refractivity contribution in [3.63, 3.8) is 0 Å². The second-order valence-electron chi connectivity index (χ2n) is 9.15. The third-order valence-corrected chi connectivity index (χ3v) is 6.13. The minimum absolute atomic E-state index is 0.156. The van der Waals surface area contributed by atoms with E-state index < -0.39 is 5.60 Å². The van der Waals surface area contributed by atoms with Crippen LogP contribution in [0.25, 0.3) is 23.1 Å². The van der Waals surface area contributed by atoms with Crippen molar-refractivity contribution in [2.45, 2.75) is 26.0 Å². The first kappa shape index (κ1) is 22.7. The topological polar surface area (TPSA) is 40.5 Å². The summed E-state index contributed by atoms with van der Waals surface area (Å²) < 4.78 is 27.4. The van der Waals surface area contributed by atoms with Gasteiger partial charge in [0.05, 0.1) is 18.2 Å². The zero-order chi connectivity index (χ0) is 24.6. The zero-order valence-electron chi connectivity index (χ0n) is 19.9. The minimum atomic E-state index is -0.525. The molecule has 0 spiro atoms. The van der Waals surface area contributed by atoms with Crippen molar-refractivity contribution in [3.05, 3.63) is 107 Å². The lowest BCUT2D eigenvalue weighted by Gasteiger charge is -2.29. The SMILES string of the molecule is COc1ccc(C(=O)/C=C/c2cn(Cc3cccc(F)c3)c3ccccc23)c2c1C=CC(C)(C)O2. The van der Waals surface area contributed by atoms with E-state index in [0.717, 1.165) is 27.6 Å². The number of hydrogen-bond donors (Lipinski definition) is 0. The molecule has 0 saturated carbocycles. The molecule has 5 heteroatoms. The maximum atomic E-state index is 13.7. The third kappa shape index (κ3) is 4.50. The number of aromatic nitrogens is 1. The highest BCUT2D eigenvalue weighted by molar-refractivity contribution is 6.10. The van der Waals surface area contributed by atoms with Crippen molar-refractivity contribution < 1.29 is 18.7 Å². The molecule has 0 saturated heterocycles. The summed E-state index contributed by atoms with van der Waals surface area (Å²) in [5.41, 5.74) is 3.52. The number of ether oxygens (including phenoxy) is 2. The first-order valence-corrected chi connectivity index (χ1v) is 11.5. The Morgan fingerprint density at radius 2 is 1.94 bits per heavy atom. The second kappa shape index (κ2) is 8.91. The number of allylic oxidation sites excluding steroid dienone is 1. The molecule has 4 aromatic rings. The van der Waals surface area contributed by atoms with Gasteiger partial charge >= 0.3 is 0 Å². The molecule has 1 aliphatic rings. The Kier molecular flexibility index (Phi) is 5.77. The van der Waals surface area contributed by atoms with Gasteiger partial charge in [-0.15, -0.1) is 0 Å². The maximum Gasteiger partial charge on any atom is 0.189 e. The second-order valence-corrected chi connectivity index (χ2v) is 9.15. The number of hydrogen-bond acceptors (Lipinski definition) is 3. The number of halogens is 1. The lowest BCUT2D eigenvalue weighted by Crippen LogP contribution is -2.28. The van der Waals surface area contributed by atoms with Crippen LogP contribution in [0, 0.1) is 5.82 Å². The van der Waals surface area contributed by atoms with Crippen LogP contribution in [0.1, 0.15) is 40.9 Å². The first-order valence-electron chi connectivity index (χ1n) is 11.5. The Hall–Kier alpha value is -4.12. The summed E-state index contributed by atoms with van der Waals surface area (Å²) >= 11 is 0. The van der Waals surface area contributed by atoms with E-state index in [9.17, 15) is 9.18 Å². The quantitative estimate of drug-likeness (QED) is 0.228. The Bertz CT molecular complexity index is 1490. The molecule has 0 amide bonds. The van der Waals surface area contributed by atoms with E-state index in [4.69, 9.17) is 9.47 Å². The van der Waals surface area contributed by atoms with Crippen LogP contribution >= 0.6 is 0 Å². The van der Waals surface area contributed by atoms with Gasteiger partial charge in [0.25, 0.3) is 0 Å². The number of methoxy groups -OCH3 is 1. The fraction of sp³-hybridized carbons (Fsp3) is 0.167. The van der Waals surface area contributed by atoms with Crippen molar-refractivity contribution in [1.82, 2.24) is 4.57 Å². The van der Waals surface area contributed by atoms with Crippen LogP contribution in [0.5, 0.6) is 11.5 Å². The van der Waals surface area contributed by atoms with Gasteiger partial charge in [0.1, 0.15) is 22.9 Å². The number of carbonyl (C=O) groups excluding carboxylic acids is 1.